The molecule has 1 aromatic rings. The van der Waals surface area contributed by atoms with Crippen molar-refractivity contribution >= 4 is 11.9 Å². The number of benzene rings is 1. The first-order valence-corrected chi connectivity index (χ1v) is 5.07. The standard InChI is InChI=1S/C11H12FNO5/c12-7-1-2-9(14)8(5-7)11(17)13-3-4-18-6-10(15)16/h1-2,5,14H,3-4,6H2,(H,13,17)(H,15,16). The summed E-state index contributed by atoms with van der Waals surface area (Å²) in [5.41, 5.74) is -0.187. The molecule has 1 amide bonds. The van der Waals surface area contributed by atoms with E-state index in [0.29, 0.717) is 0 Å². The van der Waals surface area contributed by atoms with Crippen LogP contribution in [0.25, 0.3) is 0 Å². The molecule has 98 valence electrons. The number of carboxylic acids is 1. The number of carbonyl (C=O) groups is 2. The quantitative estimate of drug-likeness (QED) is 0.639. The second-order valence-electron chi connectivity index (χ2n) is 3.36. The lowest BCUT2D eigenvalue weighted by Crippen LogP contribution is -2.28. The summed E-state index contributed by atoms with van der Waals surface area (Å²) in [5.74, 6) is -2.74. The Morgan fingerprint density at radius 3 is 2.78 bits per heavy atom. The number of hydrogen-bond acceptors (Lipinski definition) is 4. The fourth-order valence-electron chi connectivity index (χ4n) is 1.18. The molecule has 0 heterocycles. The molecule has 0 saturated heterocycles. The molecule has 18 heavy (non-hydrogen) atoms. The lowest BCUT2D eigenvalue weighted by molar-refractivity contribution is -0.142. The minimum Gasteiger partial charge on any atom is -0.507 e. The van der Waals surface area contributed by atoms with Gasteiger partial charge in [-0.25, -0.2) is 9.18 Å². The number of amides is 1. The number of nitrogens with one attached hydrogen (secondary N) is 1. The highest BCUT2D eigenvalue weighted by Gasteiger charge is 2.11. The van der Waals surface area contributed by atoms with E-state index in [0.717, 1.165) is 18.2 Å². The van der Waals surface area contributed by atoms with E-state index in [-0.39, 0.29) is 24.5 Å². The first-order chi connectivity index (χ1) is 8.50. The van der Waals surface area contributed by atoms with E-state index in [1.807, 2.05) is 0 Å². The smallest absolute Gasteiger partial charge is 0.329 e. The van der Waals surface area contributed by atoms with Crippen molar-refractivity contribution in [1.29, 1.82) is 0 Å². The van der Waals surface area contributed by atoms with Gasteiger partial charge in [0, 0.05) is 6.54 Å². The fourth-order valence-corrected chi connectivity index (χ4v) is 1.18. The molecular formula is C11H12FNO5. The highest BCUT2D eigenvalue weighted by Crippen LogP contribution is 2.17. The average molecular weight is 257 g/mol. The molecule has 0 aliphatic carbocycles. The normalized spacial score (nSPS) is 10.1. The number of ether oxygens (including phenoxy) is 1. The molecule has 0 spiro atoms. The Morgan fingerprint density at radius 1 is 1.39 bits per heavy atom. The number of hydrogen-bond donors (Lipinski definition) is 3. The van der Waals surface area contributed by atoms with Crippen LogP contribution in [0.2, 0.25) is 0 Å². The van der Waals surface area contributed by atoms with Gasteiger partial charge < -0.3 is 20.3 Å². The van der Waals surface area contributed by atoms with Gasteiger partial charge >= 0.3 is 5.97 Å². The zero-order valence-electron chi connectivity index (χ0n) is 9.35. The van der Waals surface area contributed by atoms with Crippen molar-refractivity contribution in [3.63, 3.8) is 0 Å². The van der Waals surface area contributed by atoms with E-state index >= 15 is 0 Å². The van der Waals surface area contributed by atoms with Crippen LogP contribution in [0.1, 0.15) is 10.4 Å². The van der Waals surface area contributed by atoms with Crippen LogP contribution in [0, 0.1) is 5.82 Å². The van der Waals surface area contributed by atoms with E-state index in [9.17, 15) is 19.1 Å². The summed E-state index contributed by atoms with van der Waals surface area (Å²) in [7, 11) is 0. The summed E-state index contributed by atoms with van der Waals surface area (Å²) in [5, 5.41) is 20.0. The van der Waals surface area contributed by atoms with Gasteiger partial charge in [0.25, 0.3) is 5.91 Å². The monoisotopic (exact) mass is 257 g/mol. The molecule has 0 fully saturated rings. The molecule has 1 aromatic carbocycles. The van der Waals surface area contributed by atoms with E-state index in [1.165, 1.54) is 0 Å². The lowest BCUT2D eigenvalue weighted by Gasteiger charge is -2.06. The summed E-state index contributed by atoms with van der Waals surface area (Å²) in [4.78, 5) is 21.6. The van der Waals surface area contributed by atoms with Crippen molar-refractivity contribution in [3.05, 3.63) is 29.6 Å². The second-order valence-corrected chi connectivity index (χ2v) is 3.36. The number of rotatable bonds is 6. The third-order valence-electron chi connectivity index (χ3n) is 1.96. The molecule has 0 radical (unpaired) electrons. The van der Waals surface area contributed by atoms with E-state index in [4.69, 9.17) is 5.11 Å². The predicted octanol–water partition coefficient (Wildman–Crippen LogP) is 0.362. The summed E-state index contributed by atoms with van der Waals surface area (Å²) < 4.78 is 17.5. The van der Waals surface area contributed by atoms with Crippen molar-refractivity contribution in [2.75, 3.05) is 19.8 Å². The molecular weight excluding hydrogens is 245 g/mol. The maximum absolute atomic E-state index is 12.9. The molecule has 0 aliphatic heterocycles. The number of carbonyl (C=O) groups excluding carboxylic acids is 1. The van der Waals surface area contributed by atoms with Gasteiger partial charge in [-0.2, -0.15) is 0 Å². The molecule has 6 nitrogen and oxygen atoms in total. The van der Waals surface area contributed by atoms with Gasteiger partial charge in [0.05, 0.1) is 12.2 Å². The van der Waals surface area contributed by atoms with Crippen LogP contribution in [-0.2, 0) is 9.53 Å². The largest absolute Gasteiger partial charge is 0.507 e. The zero-order valence-corrected chi connectivity index (χ0v) is 9.35. The Hall–Kier alpha value is -2.15. The SMILES string of the molecule is O=C(O)COCCNC(=O)c1cc(F)ccc1O. The Labute approximate surface area is 102 Å². The molecule has 0 atom stereocenters. The van der Waals surface area contributed by atoms with Gasteiger partial charge in [0.15, 0.2) is 0 Å². The van der Waals surface area contributed by atoms with E-state index < -0.39 is 24.3 Å². The van der Waals surface area contributed by atoms with E-state index in [1.54, 1.807) is 0 Å². The maximum atomic E-state index is 12.9. The molecule has 0 aromatic heterocycles. The summed E-state index contributed by atoms with van der Waals surface area (Å²) in [6.07, 6.45) is 0. The van der Waals surface area contributed by atoms with Crippen molar-refractivity contribution in [3.8, 4) is 5.75 Å². The van der Waals surface area contributed by atoms with Crippen LogP contribution in [-0.4, -0.2) is 41.8 Å². The maximum Gasteiger partial charge on any atom is 0.329 e. The van der Waals surface area contributed by atoms with Crippen molar-refractivity contribution < 1.29 is 28.9 Å². The highest BCUT2D eigenvalue weighted by atomic mass is 19.1. The molecule has 1 rings (SSSR count). The molecule has 3 N–H and O–H groups in total. The van der Waals surface area contributed by atoms with Gasteiger partial charge in [0.1, 0.15) is 18.2 Å². The Bertz CT molecular complexity index is 449. The molecule has 0 aliphatic rings. The lowest BCUT2D eigenvalue weighted by atomic mass is 10.2. The highest BCUT2D eigenvalue weighted by molar-refractivity contribution is 5.96. The summed E-state index contributed by atoms with van der Waals surface area (Å²) in [6, 6.07) is 3.01. The molecule has 7 heteroatoms. The zero-order chi connectivity index (χ0) is 13.5. The molecule has 0 saturated carbocycles. The van der Waals surface area contributed by atoms with Gasteiger partial charge in [0.2, 0.25) is 0 Å². The minimum absolute atomic E-state index is 0.00805. The predicted molar refractivity (Wildman–Crippen MR) is 58.9 cm³/mol. The third kappa shape index (κ3) is 4.38. The topological polar surface area (TPSA) is 95.9 Å². The summed E-state index contributed by atoms with van der Waals surface area (Å²) >= 11 is 0. The van der Waals surface area contributed by atoms with E-state index in [2.05, 4.69) is 10.1 Å². The number of aliphatic carboxylic acids is 1. The van der Waals surface area contributed by atoms with Crippen molar-refractivity contribution in [2.45, 2.75) is 0 Å². The second kappa shape index (κ2) is 6.55. The molecule has 0 unspecified atom stereocenters. The first-order valence-electron chi connectivity index (χ1n) is 5.07. The summed E-state index contributed by atoms with van der Waals surface area (Å²) in [6.45, 7) is -0.392. The Balaban J connectivity index is 2.41. The van der Waals surface area contributed by atoms with Crippen LogP contribution < -0.4 is 5.32 Å². The third-order valence-corrected chi connectivity index (χ3v) is 1.96. The number of halogens is 1. The van der Waals surface area contributed by atoms with Gasteiger partial charge in [-0.3, -0.25) is 4.79 Å². The van der Waals surface area contributed by atoms with Gasteiger partial charge in [-0.05, 0) is 18.2 Å². The number of aromatic hydroxyl groups is 1. The number of phenols is 1. The first kappa shape index (κ1) is 13.9. The van der Waals surface area contributed by atoms with Crippen molar-refractivity contribution in [2.24, 2.45) is 0 Å². The van der Waals surface area contributed by atoms with Crippen LogP contribution in [0.15, 0.2) is 18.2 Å². The van der Waals surface area contributed by atoms with Crippen molar-refractivity contribution in [1.82, 2.24) is 5.32 Å². The average Bonchev–Trinajstić information content (AvgIpc) is 2.31. The Kier molecular flexibility index (Phi) is 5.06. The van der Waals surface area contributed by atoms with Crippen LogP contribution >= 0.6 is 0 Å². The van der Waals surface area contributed by atoms with Gasteiger partial charge in [-0.15, -0.1) is 0 Å². The minimum atomic E-state index is -1.11. The molecule has 0 bridgehead atoms. The number of carboxylic acid groups (broad SMARTS) is 1. The van der Waals surface area contributed by atoms with Gasteiger partial charge in [-0.1, -0.05) is 0 Å². The Morgan fingerprint density at radius 2 is 2.11 bits per heavy atom. The van der Waals surface area contributed by atoms with Crippen LogP contribution in [0.4, 0.5) is 4.39 Å². The van der Waals surface area contributed by atoms with Crippen LogP contribution in [0.5, 0.6) is 5.75 Å². The fraction of sp³-hybridized carbons (Fsp3) is 0.273. The van der Waals surface area contributed by atoms with Crippen LogP contribution in [0.3, 0.4) is 0 Å². The number of phenolic OH excluding ortho intramolecular Hbond substituents is 1.